The SMILES string of the molecule is C#Cc1c(F)ccc2cc(O)cc(-c3c(F)c4nc(OCC5(CN6CCC(COC)C6)CC5)nc(N5C6CCC5CN(CC5COC5)C6)c4c4cn(C)nc34)c12. The number of hydrogen-bond donors (Lipinski definition) is 1. The Morgan fingerprint density at radius 2 is 1.80 bits per heavy atom. The molecule has 6 heterocycles. The highest BCUT2D eigenvalue weighted by Gasteiger charge is 2.47. The summed E-state index contributed by atoms with van der Waals surface area (Å²) in [7, 11) is 3.55. The van der Waals surface area contributed by atoms with Gasteiger partial charge in [-0.15, -0.1) is 6.42 Å². The van der Waals surface area contributed by atoms with E-state index < -0.39 is 11.6 Å². The van der Waals surface area contributed by atoms with Crippen molar-refractivity contribution in [1.82, 2.24) is 29.5 Å². The molecule has 56 heavy (non-hydrogen) atoms. The third-order valence-corrected chi connectivity index (χ3v) is 12.9. The second kappa shape index (κ2) is 13.8. The average molecular weight is 764 g/mol. The van der Waals surface area contributed by atoms with Crippen LogP contribution in [-0.4, -0.2) is 120 Å². The molecule has 1 aliphatic carbocycles. The molecule has 0 spiro atoms. The topological polar surface area (TPSA) is 101 Å². The van der Waals surface area contributed by atoms with Gasteiger partial charge in [0.05, 0.1) is 37.4 Å². The van der Waals surface area contributed by atoms with Crippen LogP contribution in [0.25, 0.3) is 43.7 Å². The number of piperazine rings is 1. The maximum Gasteiger partial charge on any atom is 0.319 e. The van der Waals surface area contributed by atoms with E-state index in [1.54, 1.807) is 18.8 Å². The lowest BCUT2D eigenvalue weighted by molar-refractivity contribution is -0.0484. The van der Waals surface area contributed by atoms with Crippen molar-refractivity contribution in [2.24, 2.45) is 24.3 Å². The van der Waals surface area contributed by atoms with Gasteiger partial charge in [0.2, 0.25) is 0 Å². The van der Waals surface area contributed by atoms with Gasteiger partial charge in [-0.25, -0.2) is 8.78 Å². The van der Waals surface area contributed by atoms with E-state index in [-0.39, 0.29) is 51.5 Å². The van der Waals surface area contributed by atoms with E-state index in [9.17, 15) is 5.11 Å². The fourth-order valence-corrected chi connectivity index (χ4v) is 10.1. The van der Waals surface area contributed by atoms with Gasteiger partial charge < -0.3 is 29.1 Å². The smallest absolute Gasteiger partial charge is 0.319 e. The van der Waals surface area contributed by atoms with Gasteiger partial charge in [0.25, 0.3) is 0 Å². The molecular weight excluding hydrogens is 717 g/mol. The molecule has 5 fully saturated rings. The minimum Gasteiger partial charge on any atom is -0.508 e. The summed E-state index contributed by atoms with van der Waals surface area (Å²) in [6.07, 6.45) is 12.9. The standard InChI is InChI=1S/C43H47F2N7O4/c1-4-31-34(44)8-5-27-13-30(53)14-32(35(27)31)36-38(45)40-37(33-19-49(2)48-39(33)36)41(52-28-6-7-29(52)18-51(17-28)16-26-21-55-22-26)47-42(46-40)56-24-43(10-11-43)23-50-12-9-25(15-50)20-54-3/h1,5,8,13-14,19,25-26,28-29,53H,6-7,9-12,15-18,20-24H2,2-3H3. The number of phenols is 1. The number of aryl methyl sites for hydroxylation is 1. The van der Waals surface area contributed by atoms with Gasteiger partial charge >= 0.3 is 6.01 Å². The number of anilines is 1. The number of fused-ring (bicyclic) bond motifs is 6. The molecule has 3 atom stereocenters. The maximum atomic E-state index is 17.9. The van der Waals surface area contributed by atoms with E-state index in [1.807, 2.05) is 6.20 Å². The zero-order valence-corrected chi connectivity index (χ0v) is 31.9. The largest absolute Gasteiger partial charge is 0.508 e. The van der Waals surface area contributed by atoms with Crippen LogP contribution >= 0.6 is 0 Å². The van der Waals surface area contributed by atoms with Crippen LogP contribution in [0, 0.1) is 41.2 Å². The maximum absolute atomic E-state index is 17.9. The molecule has 4 aliphatic heterocycles. The molecule has 3 unspecified atom stereocenters. The Kier molecular flexibility index (Phi) is 8.81. The number of nitrogens with zero attached hydrogens (tertiary/aromatic N) is 7. The molecule has 3 aromatic carbocycles. The normalized spacial score (nSPS) is 23.7. The fourth-order valence-electron chi connectivity index (χ4n) is 10.1. The van der Waals surface area contributed by atoms with Crippen molar-refractivity contribution in [3.05, 3.63) is 47.7 Å². The first-order valence-corrected chi connectivity index (χ1v) is 19.9. The number of halogens is 2. The molecule has 5 aliphatic rings. The summed E-state index contributed by atoms with van der Waals surface area (Å²) >= 11 is 0. The number of terminal acetylenes is 1. The predicted molar refractivity (Wildman–Crippen MR) is 210 cm³/mol. The van der Waals surface area contributed by atoms with Crippen molar-refractivity contribution < 1.29 is 28.1 Å². The van der Waals surface area contributed by atoms with E-state index in [2.05, 4.69) is 20.6 Å². The molecular formula is C43H47F2N7O4. The number of benzene rings is 3. The Balaban J connectivity index is 1.11. The van der Waals surface area contributed by atoms with E-state index in [0.29, 0.717) is 51.3 Å². The highest BCUT2D eigenvalue weighted by atomic mass is 19.1. The monoisotopic (exact) mass is 763 g/mol. The summed E-state index contributed by atoms with van der Waals surface area (Å²) in [6.45, 7) is 8.57. The Labute approximate surface area is 324 Å². The summed E-state index contributed by atoms with van der Waals surface area (Å²) in [5.74, 6) is 2.84. The quantitative estimate of drug-likeness (QED) is 0.168. The first-order chi connectivity index (χ1) is 27.2. The lowest BCUT2D eigenvalue weighted by Gasteiger charge is -2.44. The van der Waals surface area contributed by atoms with Gasteiger partial charge in [0, 0.05) is 92.8 Å². The second-order valence-corrected chi connectivity index (χ2v) is 17.0. The number of hydrogen-bond acceptors (Lipinski definition) is 10. The van der Waals surface area contributed by atoms with Crippen molar-refractivity contribution in [2.75, 3.05) is 77.7 Å². The molecule has 1 N–H and O–H groups in total. The molecule has 2 bridgehead atoms. The lowest BCUT2D eigenvalue weighted by atomic mass is 9.91. The Bertz CT molecular complexity index is 2390. The van der Waals surface area contributed by atoms with Crippen LogP contribution in [0.4, 0.5) is 14.6 Å². The summed E-state index contributed by atoms with van der Waals surface area (Å²) in [5, 5.41) is 17.7. The molecule has 292 valence electrons. The van der Waals surface area contributed by atoms with Gasteiger partial charge in [-0.1, -0.05) is 12.0 Å². The third kappa shape index (κ3) is 6.13. The summed E-state index contributed by atoms with van der Waals surface area (Å²) in [5.41, 5.74) is 0.736. The summed E-state index contributed by atoms with van der Waals surface area (Å²) in [6, 6.07) is 6.22. The Morgan fingerprint density at radius 3 is 2.52 bits per heavy atom. The second-order valence-electron chi connectivity index (χ2n) is 17.0. The van der Waals surface area contributed by atoms with Gasteiger partial charge in [0.1, 0.15) is 28.4 Å². The minimum atomic E-state index is -0.655. The molecule has 1 saturated carbocycles. The van der Waals surface area contributed by atoms with Gasteiger partial charge in [-0.3, -0.25) is 9.58 Å². The lowest BCUT2D eigenvalue weighted by Crippen LogP contribution is -2.56. The number of aromatic nitrogens is 4. The highest BCUT2D eigenvalue weighted by molar-refractivity contribution is 6.18. The number of ether oxygens (including phenoxy) is 3. The summed E-state index contributed by atoms with van der Waals surface area (Å²) < 4.78 is 52.3. The molecule has 5 aromatic rings. The first-order valence-electron chi connectivity index (χ1n) is 19.9. The third-order valence-electron chi connectivity index (χ3n) is 12.9. The van der Waals surface area contributed by atoms with Gasteiger partial charge in [0.15, 0.2) is 5.82 Å². The van der Waals surface area contributed by atoms with Crippen LogP contribution < -0.4 is 9.64 Å². The van der Waals surface area contributed by atoms with Crippen LogP contribution in [0.15, 0.2) is 30.5 Å². The minimum absolute atomic E-state index is 0.0104. The van der Waals surface area contributed by atoms with Crippen molar-refractivity contribution >= 4 is 38.4 Å². The Morgan fingerprint density at radius 1 is 1.00 bits per heavy atom. The van der Waals surface area contributed by atoms with Gasteiger partial charge in [-0.2, -0.15) is 15.1 Å². The van der Waals surface area contributed by atoms with Crippen LogP contribution in [0.3, 0.4) is 0 Å². The van der Waals surface area contributed by atoms with Crippen molar-refractivity contribution in [3.63, 3.8) is 0 Å². The molecule has 11 nitrogen and oxygen atoms in total. The number of phenolic OH excluding ortho intramolecular Hbond substituents is 1. The molecule has 2 aromatic heterocycles. The van der Waals surface area contributed by atoms with Crippen LogP contribution in [0.1, 0.15) is 37.7 Å². The van der Waals surface area contributed by atoms with Crippen molar-refractivity contribution in [2.45, 2.75) is 44.2 Å². The molecule has 0 amide bonds. The van der Waals surface area contributed by atoms with Crippen molar-refractivity contribution in [1.29, 1.82) is 0 Å². The first kappa shape index (κ1) is 35.8. The number of likely N-dealkylation sites (tertiary alicyclic amines) is 2. The number of rotatable bonds is 11. The molecule has 13 heteroatoms. The van der Waals surface area contributed by atoms with Gasteiger partial charge in [-0.05, 0) is 73.7 Å². The molecule has 4 saturated heterocycles. The van der Waals surface area contributed by atoms with E-state index >= 15 is 8.78 Å². The Hall–Kier alpha value is -4.61. The predicted octanol–water partition coefficient (Wildman–Crippen LogP) is 5.73. The molecule has 0 radical (unpaired) electrons. The van der Waals surface area contributed by atoms with Crippen LogP contribution in [0.2, 0.25) is 0 Å². The van der Waals surface area contributed by atoms with E-state index in [1.165, 1.54) is 24.3 Å². The van der Waals surface area contributed by atoms with Crippen LogP contribution in [-0.2, 0) is 16.5 Å². The van der Waals surface area contributed by atoms with Crippen molar-refractivity contribution in [3.8, 4) is 35.2 Å². The zero-order valence-electron chi connectivity index (χ0n) is 31.9. The zero-order chi connectivity index (χ0) is 38.3. The van der Waals surface area contributed by atoms with Crippen LogP contribution in [0.5, 0.6) is 11.8 Å². The van der Waals surface area contributed by atoms with E-state index in [0.717, 1.165) is 91.2 Å². The highest BCUT2D eigenvalue weighted by Crippen LogP contribution is 2.49. The fraction of sp³-hybridized carbons (Fsp3) is 0.512. The number of methoxy groups -OCH3 is 1. The van der Waals surface area contributed by atoms with E-state index in [4.69, 9.17) is 35.7 Å². The summed E-state index contributed by atoms with van der Waals surface area (Å²) in [4.78, 5) is 17.5. The number of aromatic hydroxyl groups is 1. The molecule has 10 rings (SSSR count). The average Bonchev–Trinajstić information content (AvgIpc) is 3.44.